The first-order chi connectivity index (χ1) is 14.8. The molecule has 4 heterocycles. The topological polar surface area (TPSA) is 70.4 Å². The van der Waals surface area contributed by atoms with E-state index < -0.39 is 12.7 Å². The van der Waals surface area contributed by atoms with Gasteiger partial charge in [0.2, 0.25) is 0 Å². The zero-order valence-corrected chi connectivity index (χ0v) is 19.7. The molecule has 0 bridgehead atoms. The van der Waals surface area contributed by atoms with Crippen LogP contribution in [0.4, 0.5) is 24.0 Å². The number of nitrogens with one attached hydrogen (secondary N) is 2. The molecule has 31 heavy (non-hydrogen) atoms. The van der Waals surface area contributed by atoms with Crippen molar-refractivity contribution < 1.29 is 34.7 Å². The van der Waals surface area contributed by atoms with Crippen LogP contribution in [0.5, 0.6) is 0 Å². The van der Waals surface area contributed by atoms with Gasteiger partial charge < -0.3 is 0 Å². The summed E-state index contributed by atoms with van der Waals surface area (Å²) in [7, 11) is 0. The maximum atomic E-state index is 12.7. The largest absolute Gasteiger partial charge is 0.401 e. The van der Waals surface area contributed by atoms with Crippen molar-refractivity contribution in [3.63, 3.8) is 0 Å². The van der Waals surface area contributed by atoms with Gasteiger partial charge in [0.1, 0.15) is 0 Å². The number of hydrogen-bond donors (Lipinski definition) is 2. The molecule has 0 spiro atoms. The third-order valence-corrected chi connectivity index (χ3v) is 6.66. The van der Waals surface area contributed by atoms with Crippen molar-refractivity contribution in [1.29, 1.82) is 0 Å². The van der Waals surface area contributed by atoms with Gasteiger partial charge in [-0.2, -0.15) is 13.2 Å². The normalized spacial score (nSPS) is 14.5. The summed E-state index contributed by atoms with van der Waals surface area (Å²) in [6.07, 6.45) is 3.58. The summed E-state index contributed by atoms with van der Waals surface area (Å²) in [6, 6.07) is 1.76. The number of halogens is 4. The van der Waals surface area contributed by atoms with E-state index in [1.54, 1.807) is 19.2 Å². The Bertz CT molecular complexity index is 1140. The molecule has 0 aliphatic carbocycles. The standard InChI is InChI=1S/C19H20F3IN7S/c1-3-29(11-19(20,21)22)10-14-6-16(31-28-14)27-17-18-24-8-15(13-4-5-23-25-7-13)30(18)9-12(2)26-17/h4-9,25H,3,10-11H2,1-2H3,(H,26,27)/q-1. The number of fused-ring (bicyclic) bond motifs is 1. The second-order valence-corrected chi connectivity index (χ2v) is 9.67. The number of aromatic nitrogens is 4. The SMILES string of the molecule is CCN(Cc1cc(Nc2nc(C)cn3c(C4=CN[I-]C=C4)cnc23)sn1)CC(F)(F)F. The van der Waals surface area contributed by atoms with Gasteiger partial charge in [0, 0.05) is 0 Å². The molecule has 0 saturated carbocycles. The van der Waals surface area contributed by atoms with E-state index in [-0.39, 0.29) is 34.6 Å². The average molecular weight is 562 g/mol. The fraction of sp³-hybridized carbons (Fsp3) is 0.316. The monoisotopic (exact) mass is 562 g/mol. The molecule has 7 nitrogen and oxygen atoms in total. The predicted octanol–water partition coefficient (Wildman–Crippen LogP) is 1.08. The Morgan fingerprint density at radius 1 is 1.35 bits per heavy atom. The number of hydrogen-bond acceptors (Lipinski definition) is 7. The number of rotatable bonds is 7. The van der Waals surface area contributed by atoms with E-state index in [1.807, 2.05) is 23.7 Å². The van der Waals surface area contributed by atoms with Gasteiger partial charge >= 0.3 is 154 Å². The average Bonchev–Trinajstić information content (AvgIpc) is 3.34. The quantitative estimate of drug-likeness (QED) is 0.332. The fourth-order valence-electron chi connectivity index (χ4n) is 3.16. The molecule has 1 aliphatic rings. The van der Waals surface area contributed by atoms with E-state index in [2.05, 4.69) is 33.3 Å². The van der Waals surface area contributed by atoms with Gasteiger partial charge in [0.15, 0.2) is 0 Å². The summed E-state index contributed by atoms with van der Waals surface area (Å²) < 4.78 is 49.9. The Kier molecular flexibility index (Phi) is 6.48. The van der Waals surface area contributed by atoms with Crippen LogP contribution < -0.4 is 30.3 Å². The summed E-state index contributed by atoms with van der Waals surface area (Å²) in [4.78, 5) is 10.4. The molecular formula is C19H20F3IN7S-. The van der Waals surface area contributed by atoms with Crippen molar-refractivity contribution in [3.05, 3.63) is 51.9 Å². The van der Waals surface area contributed by atoms with Crippen LogP contribution in [-0.4, -0.2) is 42.9 Å². The first kappa shape index (κ1) is 22.0. The van der Waals surface area contributed by atoms with E-state index in [1.165, 1.54) is 16.4 Å². The molecule has 0 unspecified atom stereocenters. The summed E-state index contributed by atoms with van der Waals surface area (Å²) in [5.41, 5.74) is 4.05. The first-order valence-corrected chi connectivity index (χ1v) is 12.5. The molecule has 1 aliphatic heterocycles. The van der Waals surface area contributed by atoms with E-state index in [9.17, 15) is 13.2 Å². The minimum atomic E-state index is -4.23. The Balaban J connectivity index is 1.56. The third kappa shape index (κ3) is 5.36. The van der Waals surface area contributed by atoms with E-state index in [0.717, 1.165) is 17.0 Å². The number of imidazole rings is 1. The molecule has 0 amide bonds. The summed E-state index contributed by atoms with van der Waals surface area (Å²) >= 11 is 1.06. The molecule has 0 radical (unpaired) electrons. The number of allylic oxidation sites excluding steroid dienone is 2. The molecule has 0 saturated heterocycles. The van der Waals surface area contributed by atoms with Crippen LogP contribution in [0.25, 0.3) is 11.2 Å². The molecule has 0 aromatic carbocycles. The number of anilines is 2. The van der Waals surface area contributed by atoms with Gasteiger partial charge in [-0.25, -0.2) is 0 Å². The van der Waals surface area contributed by atoms with E-state index in [4.69, 9.17) is 0 Å². The van der Waals surface area contributed by atoms with Crippen LogP contribution in [0.1, 0.15) is 24.0 Å². The minimum absolute atomic E-state index is 0.127. The molecule has 0 atom stereocenters. The zero-order valence-electron chi connectivity index (χ0n) is 16.7. The van der Waals surface area contributed by atoms with Gasteiger partial charge in [-0.15, -0.1) is 0 Å². The Labute approximate surface area is 191 Å². The van der Waals surface area contributed by atoms with Crippen LogP contribution in [0.2, 0.25) is 0 Å². The molecule has 3 aromatic rings. The van der Waals surface area contributed by atoms with Crippen molar-refractivity contribution in [2.45, 2.75) is 26.6 Å². The smallest absolute Gasteiger partial charge is 0.170 e. The van der Waals surface area contributed by atoms with Crippen LogP contribution >= 0.6 is 11.5 Å². The van der Waals surface area contributed by atoms with Crippen LogP contribution in [0, 0.1) is 6.92 Å². The Morgan fingerprint density at radius 3 is 2.90 bits per heavy atom. The van der Waals surface area contributed by atoms with Crippen LogP contribution in [0.3, 0.4) is 0 Å². The third-order valence-electron chi connectivity index (χ3n) is 4.52. The minimum Gasteiger partial charge on any atom is -0.170 e. The molecule has 12 heteroatoms. The van der Waals surface area contributed by atoms with Crippen molar-refractivity contribution >= 4 is 33.6 Å². The number of nitrogens with zero attached hydrogens (tertiary/aromatic N) is 5. The van der Waals surface area contributed by atoms with Crippen molar-refractivity contribution in [3.8, 4) is 0 Å². The molecule has 2 N–H and O–H groups in total. The molecule has 166 valence electrons. The molecular weight excluding hydrogens is 542 g/mol. The molecule has 4 rings (SSSR count). The Hall–Kier alpha value is -2.19. The van der Waals surface area contributed by atoms with Gasteiger partial charge in [-0.05, 0) is 6.54 Å². The zero-order chi connectivity index (χ0) is 22.0. The van der Waals surface area contributed by atoms with E-state index in [0.29, 0.717) is 22.2 Å². The van der Waals surface area contributed by atoms with Crippen molar-refractivity contribution in [2.24, 2.45) is 0 Å². The van der Waals surface area contributed by atoms with Gasteiger partial charge in [0.25, 0.3) is 0 Å². The van der Waals surface area contributed by atoms with Gasteiger partial charge in [-0.3, -0.25) is 4.90 Å². The van der Waals surface area contributed by atoms with Crippen LogP contribution in [0.15, 0.2) is 34.8 Å². The van der Waals surface area contributed by atoms with Crippen molar-refractivity contribution in [2.75, 3.05) is 18.4 Å². The summed E-state index contributed by atoms with van der Waals surface area (Å²) in [6.45, 7) is 3.07. The second kappa shape index (κ2) is 9.12. The number of aryl methyl sites for hydroxylation is 1. The first-order valence-electron chi connectivity index (χ1n) is 9.44. The van der Waals surface area contributed by atoms with Gasteiger partial charge in [-0.1, -0.05) is 6.92 Å². The van der Waals surface area contributed by atoms with Gasteiger partial charge in [0.05, 0.1) is 6.54 Å². The van der Waals surface area contributed by atoms with Crippen LogP contribution in [-0.2, 0) is 6.54 Å². The van der Waals surface area contributed by atoms with Crippen molar-refractivity contribution in [1.82, 2.24) is 27.2 Å². The predicted molar refractivity (Wildman–Crippen MR) is 110 cm³/mol. The summed E-state index contributed by atoms with van der Waals surface area (Å²) in [5.74, 6) is 0.574. The maximum absolute atomic E-state index is 12.7. The fourth-order valence-corrected chi connectivity index (χ4v) is 5.11. The molecule has 0 fully saturated rings. The Morgan fingerprint density at radius 2 is 2.19 bits per heavy atom. The second-order valence-electron chi connectivity index (χ2n) is 6.90. The number of alkyl halides is 3. The van der Waals surface area contributed by atoms with E-state index >= 15 is 0 Å². The maximum Gasteiger partial charge on any atom is 0.401 e. The molecule has 3 aromatic heterocycles. The summed E-state index contributed by atoms with van der Waals surface area (Å²) in [5, 5.41) is 3.94.